The number of hydrogen-bond donors (Lipinski definition) is 1. The average Bonchev–Trinajstić information content (AvgIpc) is 2.80. The number of carbonyl (C=O) groups excluding carboxylic acids is 2. The van der Waals surface area contributed by atoms with Crippen LogP contribution in [0.4, 0.5) is 5.69 Å². The van der Waals surface area contributed by atoms with E-state index in [4.69, 9.17) is 4.74 Å². The zero-order chi connectivity index (χ0) is 22.0. The summed E-state index contributed by atoms with van der Waals surface area (Å²) in [6, 6.07) is 19.0. The number of Topliss-reactive ketones (excluding diaryl/α,β-unsaturated/α-hetero) is 2. The van der Waals surface area contributed by atoms with Crippen LogP contribution in [0.1, 0.15) is 20.7 Å². The summed E-state index contributed by atoms with van der Waals surface area (Å²) in [6.45, 7) is 0. The van der Waals surface area contributed by atoms with E-state index in [-0.39, 0.29) is 21.7 Å². The van der Waals surface area contributed by atoms with Crippen LogP contribution >= 0.6 is 0 Å². The second kappa shape index (κ2) is 8.25. The van der Waals surface area contributed by atoms with Gasteiger partial charge in [-0.3, -0.25) is 9.59 Å². The van der Waals surface area contributed by atoms with E-state index < -0.39 is 27.6 Å². The summed E-state index contributed by atoms with van der Waals surface area (Å²) in [6.07, 6.45) is 0. The smallest absolute Gasteiger partial charge is 0.241 e. The third-order valence-electron chi connectivity index (χ3n) is 4.85. The lowest BCUT2D eigenvalue weighted by molar-refractivity contribution is 0.0944. The van der Waals surface area contributed by atoms with Crippen LogP contribution in [0.2, 0.25) is 0 Å². The summed E-state index contributed by atoms with van der Waals surface area (Å²) in [5.74, 6) is -0.449. The Hall–Kier alpha value is -3.62. The first kappa shape index (κ1) is 20.6. The summed E-state index contributed by atoms with van der Waals surface area (Å²) in [7, 11) is -2.56. The number of rotatable bonds is 5. The molecular formula is C23H18N2O5S. The molecule has 1 unspecified atom stereocenters. The number of ether oxygens (including phenoxy) is 1. The number of fused-ring (bicyclic) bond motifs is 1. The van der Waals surface area contributed by atoms with E-state index in [1.807, 2.05) is 0 Å². The van der Waals surface area contributed by atoms with Crippen molar-refractivity contribution in [3.8, 4) is 5.75 Å². The highest BCUT2D eigenvalue weighted by atomic mass is 32.2. The number of sulfonamides is 1. The highest BCUT2D eigenvalue weighted by Crippen LogP contribution is 2.25. The maximum absolute atomic E-state index is 13.2. The van der Waals surface area contributed by atoms with Gasteiger partial charge in [-0.15, -0.1) is 0 Å². The minimum atomic E-state index is -4.08. The Bertz CT molecular complexity index is 1280. The molecule has 0 aromatic heterocycles. The van der Waals surface area contributed by atoms with Gasteiger partial charge in [-0.2, -0.15) is 4.72 Å². The molecule has 1 aliphatic carbocycles. The molecule has 31 heavy (non-hydrogen) atoms. The third kappa shape index (κ3) is 4.03. The van der Waals surface area contributed by atoms with Gasteiger partial charge in [0.25, 0.3) is 0 Å². The SMILES string of the molecule is COc1ccc(N=C2C(=O)c3ccccc3C(=O)C2NS(=O)(=O)c2ccccc2)cc1. The molecule has 0 radical (unpaired) electrons. The van der Waals surface area contributed by atoms with Crippen molar-refractivity contribution in [3.05, 3.63) is 90.0 Å². The van der Waals surface area contributed by atoms with Gasteiger partial charge in [-0.25, -0.2) is 13.4 Å². The van der Waals surface area contributed by atoms with Crippen molar-refractivity contribution in [1.82, 2.24) is 4.72 Å². The van der Waals surface area contributed by atoms with Crippen LogP contribution in [-0.4, -0.2) is 38.8 Å². The molecule has 0 amide bonds. The number of methoxy groups -OCH3 is 1. The monoisotopic (exact) mass is 434 g/mol. The number of carbonyl (C=O) groups is 2. The van der Waals surface area contributed by atoms with Crippen LogP contribution < -0.4 is 9.46 Å². The maximum Gasteiger partial charge on any atom is 0.241 e. The first-order valence-electron chi connectivity index (χ1n) is 9.38. The van der Waals surface area contributed by atoms with Gasteiger partial charge in [0, 0.05) is 11.1 Å². The second-order valence-corrected chi connectivity index (χ2v) is 8.52. The standard InChI is InChI=1S/C23H18N2O5S/c1-30-16-13-11-15(12-14-16)24-20-21(25-31(28,29)17-7-3-2-4-8-17)23(27)19-10-6-5-9-18(19)22(20)26/h2-14,21,25H,1H3. The Balaban J connectivity index is 1.82. The summed E-state index contributed by atoms with van der Waals surface area (Å²) in [5, 5.41) is 0. The van der Waals surface area contributed by atoms with Gasteiger partial charge >= 0.3 is 0 Å². The first-order chi connectivity index (χ1) is 14.9. The van der Waals surface area contributed by atoms with Crippen molar-refractivity contribution in [2.45, 2.75) is 10.9 Å². The molecule has 1 aliphatic rings. The zero-order valence-electron chi connectivity index (χ0n) is 16.5. The van der Waals surface area contributed by atoms with E-state index in [2.05, 4.69) is 9.71 Å². The van der Waals surface area contributed by atoms with Crippen molar-refractivity contribution in [3.63, 3.8) is 0 Å². The number of hydrogen-bond acceptors (Lipinski definition) is 6. The average molecular weight is 434 g/mol. The lowest BCUT2D eigenvalue weighted by Gasteiger charge is -2.25. The highest BCUT2D eigenvalue weighted by Gasteiger charge is 2.40. The molecule has 0 saturated heterocycles. The molecule has 0 heterocycles. The summed E-state index contributed by atoms with van der Waals surface area (Å²) < 4.78 is 33.3. The fourth-order valence-corrected chi connectivity index (χ4v) is 4.47. The lowest BCUT2D eigenvalue weighted by atomic mass is 9.85. The molecule has 0 spiro atoms. The lowest BCUT2D eigenvalue weighted by Crippen LogP contribution is -2.52. The molecule has 4 rings (SSSR count). The number of nitrogens with one attached hydrogen (secondary N) is 1. The molecule has 3 aromatic carbocycles. The van der Waals surface area contributed by atoms with Gasteiger partial charge in [0.15, 0.2) is 5.78 Å². The Morgan fingerprint density at radius 1 is 0.839 bits per heavy atom. The maximum atomic E-state index is 13.2. The molecule has 7 nitrogen and oxygen atoms in total. The van der Waals surface area contributed by atoms with E-state index in [1.54, 1.807) is 54.6 Å². The molecule has 0 fully saturated rings. The molecule has 0 aliphatic heterocycles. The second-order valence-electron chi connectivity index (χ2n) is 6.80. The van der Waals surface area contributed by atoms with Gasteiger partial charge in [-0.1, -0.05) is 42.5 Å². The first-order valence-corrected chi connectivity index (χ1v) is 10.9. The van der Waals surface area contributed by atoms with Crippen molar-refractivity contribution >= 4 is 33.0 Å². The summed E-state index contributed by atoms with van der Waals surface area (Å²) in [4.78, 5) is 30.7. The molecule has 1 N–H and O–H groups in total. The van der Waals surface area contributed by atoms with Crippen LogP contribution in [-0.2, 0) is 10.0 Å². The third-order valence-corrected chi connectivity index (χ3v) is 6.29. The largest absolute Gasteiger partial charge is 0.497 e. The predicted octanol–water partition coefficient (Wildman–Crippen LogP) is 3.19. The molecular weight excluding hydrogens is 416 g/mol. The predicted molar refractivity (Wildman–Crippen MR) is 116 cm³/mol. The van der Waals surface area contributed by atoms with Crippen LogP contribution in [0.5, 0.6) is 5.75 Å². The quantitative estimate of drug-likeness (QED) is 0.664. The number of ketones is 2. The van der Waals surface area contributed by atoms with E-state index in [0.717, 1.165) is 0 Å². The normalized spacial score (nSPS) is 17.5. The number of aliphatic imine (C=N–C) groups is 1. The Labute approximate surface area is 179 Å². The van der Waals surface area contributed by atoms with Crippen molar-refractivity contribution in [1.29, 1.82) is 0 Å². The van der Waals surface area contributed by atoms with Crippen molar-refractivity contribution in [2.24, 2.45) is 4.99 Å². The van der Waals surface area contributed by atoms with Crippen LogP contribution in [0.25, 0.3) is 0 Å². The zero-order valence-corrected chi connectivity index (χ0v) is 17.3. The Morgan fingerprint density at radius 2 is 1.45 bits per heavy atom. The van der Waals surface area contributed by atoms with Crippen LogP contribution in [0.3, 0.4) is 0 Å². The fraction of sp³-hybridized carbons (Fsp3) is 0.0870. The molecule has 0 saturated carbocycles. The van der Waals surface area contributed by atoms with Crippen LogP contribution in [0, 0.1) is 0 Å². The highest BCUT2D eigenvalue weighted by molar-refractivity contribution is 7.89. The minimum absolute atomic E-state index is 0.0158. The van der Waals surface area contributed by atoms with Gasteiger partial charge in [0.2, 0.25) is 15.8 Å². The van der Waals surface area contributed by atoms with Gasteiger partial charge in [0.1, 0.15) is 17.5 Å². The summed E-state index contributed by atoms with van der Waals surface area (Å²) in [5.41, 5.74) is 0.547. The van der Waals surface area contributed by atoms with E-state index in [0.29, 0.717) is 11.4 Å². The Kier molecular flexibility index (Phi) is 5.50. The molecule has 1 atom stereocenters. The van der Waals surface area contributed by atoms with Gasteiger partial charge < -0.3 is 4.74 Å². The number of benzene rings is 3. The molecule has 8 heteroatoms. The molecule has 156 valence electrons. The van der Waals surface area contributed by atoms with Gasteiger partial charge in [-0.05, 0) is 36.4 Å². The summed E-state index contributed by atoms with van der Waals surface area (Å²) >= 11 is 0. The van der Waals surface area contributed by atoms with Crippen LogP contribution in [0.15, 0.2) is 88.8 Å². The molecule has 3 aromatic rings. The fourth-order valence-electron chi connectivity index (χ4n) is 3.29. The van der Waals surface area contributed by atoms with Gasteiger partial charge in [0.05, 0.1) is 17.7 Å². The van der Waals surface area contributed by atoms with Crippen molar-refractivity contribution in [2.75, 3.05) is 7.11 Å². The van der Waals surface area contributed by atoms with E-state index in [9.17, 15) is 18.0 Å². The number of nitrogens with zero attached hydrogens (tertiary/aromatic N) is 1. The molecule has 0 bridgehead atoms. The van der Waals surface area contributed by atoms with E-state index in [1.165, 1.54) is 31.4 Å². The van der Waals surface area contributed by atoms with Crippen molar-refractivity contribution < 1.29 is 22.7 Å². The minimum Gasteiger partial charge on any atom is -0.497 e. The Morgan fingerprint density at radius 3 is 2.10 bits per heavy atom. The topological polar surface area (TPSA) is 102 Å². The van der Waals surface area contributed by atoms with E-state index >= 15 is 0 Å².